The van der Waals surface area contributed by atoms with E-state index in [0.717, 1.165) is 16.5 Å². The molecule has 0 saturated carbocycles. The molecule has 0 aliphatic carbocycles. The van der Waals surface area contributed by atoms with Gasteiger partial charge in [0.15, 0.2) is 5.78 Å². The van der Waals surface area contributed by atoms with Gasteiger partial charge in [-0.2, -0.15) is 0 Å². The second-order valence-corrected chi connectivity index (χ2v) is 9.56. The largest absolute Gasteiger partial charge is 0.458 e. The van der Waals surface area contributed by atoms with E-state index in [1.807, 2.05) is 58.0 Å². The number of ether oxygens (including phenoxy) is 2. The average Bonchev–Trinajstić information content (AvgIpc) is 3.35. The van der Waals surface area contributed by atoms with Crippen molar-refractivity contribution in [3.8, 4) is 11.4 Å². The van der Waals surface area contributed by atoms with Crippen molar-refractivity contribution >= 4 is 28.7 Å². The number of pyridine rings is 2. The number of carbonyl (C=O) groups excluding carboxylic acids is 3. The van der Waals surface area contributed by atoms with Crippen molar-refractivity contribution in [2.24, 2.45) is 5.92 Å². The summed E-state index contributed by atoms with van der Waals surface area (Å²) in [7, 11) is 1.73. The molecule has 1 atom stereocenters. The number of likely N-dealkylation sites (N-methyl/N-ethyl adjacent to an activating group) is 1. The Morgan fingerprint density at radius 2 is 1.85 bits per heavy atom. The lowest BCUT2D eigenvalue weighted by Crippen LogP contribution is -2.43. The fraction of sp³-hybridized carbons (Fsp3) is 0.452. The maximum atomic E-state index is 13.4. The molecule has 0 unspecified atom stereocenters. The van der Waals surface area contributed by atoms with E-state index in [0.29, 0.717) is 24.5 Å². The van der Waals surface area contributed by atoms with Gasteiger partial charge in [0, 0.05) is 35.5 Å². The molecule has 2 aromatic heterocycles. The highest BCUT2D eigenvalue weighted by Gasteiger charge is 2.38. The maximum Gasteiger partial charge on any atom is 0.411 e. The molecule has 0 bridgehead atoms. The highest BCUT2D eigenvalue weighted by Crippen LogP contribution is 2.36. The summed E-state index contributed by atoms with van der Waals surface area (Å²) in [5.41, 5.74) is 3.13. The number of carbonyl (C=O) groups is 3. The Labute approximate surface area is 240 Å². The predicted octanol–water partition coefficient (Wildman–Crippen LogP) is 4.46. The third kappa shape index (κ3) is 6.48. The lowest BCUT2D eigenvalue weighted by atomic mass is 10.00. The van der Waals surface area contributed by atoms with Gasteiger partial charge in [-0.15, -0.1) is 0 Å². The third-order valence-corrected chi connectivity index (χ3v) is 6.76. The first kappa shape index (κ1) is 31.5. The molecule has 3 aromatic rings. The Hall–Kier alpha value is -4.05. The minimum absolute atomic E-state index is 0.134. The zero-order valence-corrected chi connectivity index (χ0v) is 24.9. The van der Waals surface area contributed by atoms with Gasteiger partial charge in [0.1, 0.15) is 6.61 Å². The number of aromatic nitrogens is 2. The Morgan fingerprint density at radius 3 is 2.54 bits per heavy atom. The van der Waals surface area contributed by atoms with Crippen LogP contribution in [-0.2, 0) is 32.2 Å². The standard InChI is InChI=1S/C27H28N4O6.2C2H6/c1-15(2)22(32)13-30(9-8-28-3)27(35)37-24-18-11-21-23-17(10-16-6-4-5-7-20(16)29-23)12-31(21)25(33)19(18)14-36-26(24)34;2*1-2/h4-7,10-11,15,24,28H,8-9,12-14H2,1-3H3;2*1-2H3/t24-;;/m0../s1. The molecule has 10 nitrogen and oxygen atoms in total. The van der Waals surface area contributed by atoms with Gasteiger partial charge >= 0.3 is 12.1 Å². The Bertz CT molecular complexity index is 1480. The number of cyclic esters (lactones) is 1. The summed E-state index contributed by atoms with van der Waals surface area (Å²) in [6.45, 7) is 12.1. The molecule has 0 radical (unpaired) electrons. The number of nitrogens with one attached hydrogen (secondary N) is 1. The van der Waals surface area contributed by atoms with Crippen LogP contribution in [0.15, 0.2) is 41.2 Å². The normalized spacial score (nSPS) is 14.4. The van der Waals surface area contributed by atoms with Crippen LogP contribution in [-0.4, -0.2) is 59.0 Å². The number of ketones is 1. The first-order chi connectivity index (χ1) is 19.8. The SMILES string of the molecule is CC.CC.CNCCN(CC(=O)C(C)C)C(=O)O[C@@H]1C(=O)OCc2c1cc1n(c2=O)Cc2cc3ccccc3nc2-1. The van der Waals surface area contributed by atoms with E-state index in [-0.39, 0.29) is 48.1 Å². The molecule has 1 N–H and O–H groups in total. The summed E-state index contributed by atoms with van der Waals surface area (Å²) in [5, 5.41) is 3.91. The highest BCUT2D eigenvalue weighted by atomic mass is 16.6. The van der Waals surface area contributed by atoms with Gasteiger partial charge in [-0.3, -0.25) is 14.5 Å². The molecular weight excluding hydrogens is 524 g/mol. The van der Waals surface area contributed by atoms with Gasteiger partial charge in [-0.05, 0) is 25.2 Å². The van der Waals surface area contributed by atoms with Crippen LogP contribution in [0.2, 0.25) is 0 Å². The van der Waals surface area contributed by atoms with Crippen LogP contribution in [0.3, 0.4) is 0 Å². The van der Waals surface area contributed by atoms with Crippen LogP contribution in [0.4, 0.5) is 4.79 Å². The molecule has 1 amide bonds. The number of hydrogen-bond acceptors (Lipinski definition) is 8. The van der Waals surface area contributed by atoms with E-state index < -0.39 is 18.2 Å². The molecule has 4 heterocycles. The summed E-state index contributed by atoms with van der Waals surface area (Å²) >= 11 is 0. The molecule has 1 aromatic carbocycles. The predicted molar refractivity (Wildman–Crippen MR) is 158 cm³/mol. The molecule has 2 aliphatic heterocycles. The van der Waals surface area contributed by atoms with Crippen molar-refractivity contribution in [3.05, 3.63) is 63.4 Å². The van der Waals surface area contributed by atoms with Gasteiger partial charge in [0.05, 0.1) is 35.6 Å². The van der Waals surface area contributed by atoms with Gasteiger partial charge in [0.25, 0.3) is 5.56 Å². The molecule has 220 valence electrons. The second kappa shape index (κ2) is 14.0. The monoisotopic (exact) mass is 564 g/mol. The number of nitrogens with zero attached hydrogens (tertiary/aromatic N) is 3. The van der Waals surface area contributed by atoms with Crippen LogP contribution in [0.1, 0.15) is 64.3 Å². The number of esters is 1. The number of fused-ring (bicyclic) bond motifs is 5. The van der Waals surface area contributed by atoms with Gasteiger partial charge in [-0.25, -0.2) is 14.6 Å². The van der Waals surface area contributed by atoms with E-state index in [4.69, 9.17) is 14.5 Å². The lowest BCUT2D eigenvalue weighted by Gasteiger charge is -2.28. The van der Waals surface area contributed by atoms with Crippen molar-refractivity contribution in [2.45, 2.75) is 60.8 Å². The number of rotatable bonds is 7. The number of amides is 1. The third-order valence-electron chi connectivity index (χ3n) is 6.76. The lowest BCUT2D eigenvalue weighted by molar-refractivity contribution is -0.158. The molecule has 0 fully saturated rings. The molecule has 41 heavy (non-hydrogen) atoms. The number of Topliss-reactive ketones (excluding diaryl/α,β-unsaturated/α-hetero) is 1. The van der Waals surface area contributed by atoms with Crippen LogP contribution in [0.5, 0.6) is 0 Å². The van der Waals surface area contributed by atoms with Crippen molar-refractivity contribution in [1.82, 2.24) is 19.8 Å². The summed E-state index contributed by atoms with van der Waals surface area (Å²) < 4.78 is 12.4. The van der Waals surface area contributed by atoms with Crippen molar-refractivity contribution in [1.29, 1.82) is 0 Å². The van der Waals surface area contributed by atoms with Crippen LogP contribution in [0.25, 0.3) is 22.3 Å². The molecule has 0 saturated heterocycles. The molecule has 2 aliphatic rings. The summed E-state index contributed by atoms with van der Waals surface area (Å²) in [6, 6.07) is 11.4. The van der Waals surface area contributed by atoms with Gasteiger partial charge in [0.2, 0.25) is 6.10 Å². The number of hydrogen-bond donors (Lipinski definition) is 1. The fourth-order valence-corrected chi connectivity index (χ4v) is 4.60. The van der Waals surface area contributed by atoms with Gasteiger partial charge < -0.3 is 19.4 Å². The van der Waals surface area contributed by atoms with E-state index in [1.165, 1.54) is 4.90 Å². The number of para-hydroxylation sites is 1. The fourth-order valence-electron chi connectivity index (χ4n) is 4.60. The molecule has 10 heteroatoms. The Morgan fingerprint density at radius 1 is 1.15 bits per heavy atom. The smallest absolute Gasteiger partial charge is 0.411 e. The van der Waals surface area contributed by atoms with Crippen molar-refractivity contribution in [2.75, 3.05) is 26.7 Å². The van der Waals surface area contributed by atoms with Crippen LogP contribution >= 0.6 is 0 Å². The molecular formula is C31H40N4O6. The second-order valence-electron chi connectivity index (χ2n) is 9.56. The molecule has 0 spiro atoms. The van der Waals surface area contributed by atoms with Gasteiger partial charge in [-0.1, -0.05) is 59.7 Å². The first-order valence-electron chi connectivity index (χ1n) is 14.2. The first-order valence-corrected chi connectivity index (χ1v) is 14.2. The quantitative estimate of drug-likeness (QED) is 0.327. The van der Waals surface area contributed by atoms with E-state index >= 15 is 0 Å². The average molecular weight is 565 g/mol. The Kier molecular flexibility index (Phi) is 10.8. The van der Waals surface area contributed by atoms with Crippen molar-refractivity contribution in [3.63, 3.8) is 0 Å². The topological polar surface area (TPSA) is 120 Å². The Balaban J connectivity index is 0.00000111. The minimum atomic E-state index is -1.43. The van der Waals surface area contributed by atoms with Crippen LogP contribution < -0.4 is 10.9 Å². The molecule has 5 rings (SSSR count). The summed E-state index contributed by atoms with van der Waals surface area (Å²) in [6.07, 6.45) is -2.25. The summed E-state index contributed by atoms with van der Waals surface area (Å²) in [5.74, 6) is -1.17. The zero-order chi connectivity index (χ0) is 30.3. The highest BCUT2D eigenvalue weighted by molar-refractivity contribution is 5.88. The summed E-state index contributed by atoms with van der Waals surface area (Å²) in [4.78, 5) is 57.7. The van der Waals surface area contributed by atoms with E-state index in [9.17, 15) is 19.2 Å². The maximum absolute atomic E-state index is 13.4. The minimum Gasteiger partial charge on any atom is -0.458 e. The van der Waals surface area contributed by atoms with Crippen molar-refractivity contribution < 1.29 is 23.9 Å². The van der Waals surface area contributed by atoms with Crippen LogP contribution in [0, 0.1) is 5.92 Å². The van der Waals surface area contributed by atoms with E-state index in [1.54, 1.807) is 31.5 Å². The van der Waals surface area contributed by atoms with E-state index in [2.05, 4.69) is 5.32 Å². The zero-order valence-electron chi connectivity index (χ0n) is 24.9. The number of benzene rings is 1.